The number of rotatable bonds is 4. The summed E-state index contributed by atoms with van der Waals surface area (Å²) in [5.74, 6) is -0.928. The lowest BCUT2D eigenvalue weighted by atomic mass is 9.96. The van der Waals surface area contributed by atoms with Crippen LogP contribution in [-0.4, -0.2) is 37.0 Å². The number of nitriles is 1. The maximum atomic E-state index is 12.8. The van der Waals surface area contributed by atoms with Crippen molar-refractivity contribution in [2.45, 2.75) is 25.2 Å². The molecule has 27 heavy (non-hydrogen) atoms. The van der Waals surface area contributed by atoms with E-state index in [2.05, 4.69) is 5.32 Å². The number of hydrogen-bond acceptors (Lipinski definition) is 3. The lowest BCUT2D eigenvalue weighted by Crippen LogP contribution is -2.38. The van der Waals surface area contributed by atoms with E-state index in [0.717, 1.165) is 0 Å². The first-order valence-electron chi connectivity index (χ1n) is 8.17. The molecule has 0 radical (unpaired) electrons. The summed E-state index contributed by atoms with van der Waals surface area (Å²) in [6.07, 6.45) is -8.63. The number of likely N-dealkylation sites (tertiary alicyclic amines) is 1. The van der Waals surface area contributed by atoms with Crippen molar-refractivity contribution in [1.29, 1.82) is 5.26 Å². The number of carbonyl (C=O) groups is 1. The van der Waals surface area contributed by atoms with Crippen molar-refractivity contribution < 1.29 is 31.1 Å². The Morgan fingerprint density at radius 2 is 1.59 bits per heavy atom. The van der Waals surface area contributed by atoms with Gasteiger partial charge in [0.2, 0.25) is 0 Å². The Kier molecular flexibility index (Phi) is 6.36. The van der Waals surface area contributed by atoms with Crippen LogP contribution in [0.25, 0.3) is 0 Å². The molecule has 0 spiro atoms. The third-order valence-corrected chi connectivity index (χ3v) is 4.40. The Morgan fingerprint density at radius 1 is 1.07 bits per heavy atom. The zero-order valence-electron chi connectivity index (χ0n) is 14.1. The molecule has 0 aromatic heterocycles. The van der Waals surface area contributed by atoms with Gasteiger partial charge in [-0.15, -0.1) is 0 Å². The molecular formula is C17H17F6N3O. The molecular weight excluding hydrogens is 376 g/mol. The molecule has 148 valence electrons. The summed E-state index contributed by atoms with van der Waals surface area (Å²) in [7, 11) is 0. The number of alkyl halides is 6. The molecule has 1 fully saturated rings. The molecule has 4 nitrogen and oxygen atoms in total. The van der Waals surface area contributed by atoms with E-state index in [1.165, 1.54) is 0 Å². The van der Waals surface area contributed by atoms with Crippen molar-refractivity contribution in [3.63, 3.8) is 0 Å². The second-order valence-corrected chi connectivity index (χ2v) is 6.38. The van der Waals surface area contributed by atoms with Crippen LogP contribution in [0, 0.1) is 17.2 Å². The third-order valence-electron chi connectivity index (χ3n) is 4.40. The standard InChI is InChI=1S/C17H17F6N3O/c18-16(19,20)13-7-12(8-14(9-13)17(21,22)23)15(27)25-10-11-1-4-26(5-2-11)6-3-24/h7-9,11H,1-2,4-6,10H2,(H,25,27). The van der Waals surface area contributed by atoms with Crippen molar-refractivity contribution in [3.05, 3.63) is 34.9 Å². The van der Waals surface area contributed by atoms with Crippen molar-refractivity contribution in [3.8, 4) is 6.07 Å². The third kappa shape index (κ3) is 5.85. The number of piperidine rings is 1. The molecule has 1 N–H and O–H groups in total. The van der Waals surface area contributed by atoms with Crippen molar-refractivity contribution >= 4 is 5.91 Å². The van der Waals surface area contributed by atoms with Crippen LogP contribution >= 0.6 is 0 Å². The van der Waals surface area contributed by atoms with Gasteiger partial charge in [0.15, 0.2) is 0 Å². The molecule has 0 bridgehead atoms. The molecule has 1 heterocycles. The smallest absolute Gasteiger partial charge is 0.352 e. The van der Waals surface area contributed by atoms with E-state index in [1.807, 2.05) is 11.0 Å². The first-order valence-corrected chi connectivity index (χ1v) is 8.17. The topological polar surface area (TPSA) is 56.1 Å². The number of nitrogens with one attached hydrogen (secondary N) is 1. The summed E-state index contributed by atoms with van der Waals surface area (Å²) in [6.45, 7) is 1.74. The van der Waals surface area contributed by atoms with Crippen LogP contribution in [0.1, 0.15) is 34.3 Å². The fourth-order valence-corrected chi connectivity index (χ4v) is 2.87. The fourth-order valence-electron chi connectivity index (χ4n) is 2.87. The van der Waals surface area contributed by atoms with Gasteiger partial charge in [0.05, 0.1) is 23.7 Å². The predicted octanol–water partition coefficient (Wildman–Crippen LogP) is 3.69. The molecule has 1 aromatic rings. The summed E-state index contributed by atoms with van der Waals surface area (Å²) < 4.78 is 77.1. The summed E-state index contributed by atoms with van der Waals surface area (Å²) in [5.41, 5.74) is -3.72. The summed E-state index contributed by atoms with van der Waals surface area (Å²) in [4.78, 5) is 14.0. The van der Waals surface area contributed by atoms with Crippen molar-refractivity contribution in [1.82, 2.24) is 10.2 Å². The minimum absolute atomic E-state index is 0.0122. The van der Waals surface area contributed by atoms with Gasteiger partial charge in [0.1, 0.15) is 0 Å². The maximum Gasteiger partial charge on any atom is 0.416 e. The SMILES string of the molecule is N#CCN1CCC(CNC(=O)c2cc(C(F)(F)F)cc(C(F)(F)F)c2)CC1. The number of carbonyl (C=O) groups excluding carboxylic acids is 1. The molecule has 1 saturated heterocycles. The number of halogens is 6. The van der Waals surface area contributed by atoms with Gasteiger partial charge in [-0.2, -0.15) is 31.6 Å². The summed E-state index contributed by atoms with van der Waals surface area (Å²) >= 11 is 0. The van der Waals surface area contributed by atoms with Gasteiger partial charge in [-0.05, 0) is 50.0 Å². The first-order chi connectivity index (χ1) is 12.5. The average Bonchev–Trinajstić information content (AvgIpc) is 2.59. The Morgan fingerprint density at radius 3 is 2.04 bits per heavy atom. The molecule has 1 amide bonds. The number of nitrogens with zero attached hydrogens (tertiary/aromatic N) is 2. The lowest BCUT2D eigenvalue weighted by Gasteiger charge is -2.30. The second kappa shape index (κ2) is 8.17. The Hall–Kier alpha value is -2.28. The predicted molar refractivity (Wildman–Crippen MR) is 83.6 cm³/mol. The van der Waals surface area contributed by atoms with E-state index in [4.69, 9.17) is 5.26 Å². The molecule has 0 aliphatic carbocycles. The Labute approximate surface area is 151 Å². The summed E-state index contributed by atoms with van der Waals surface area (Å²) in [6, 6.07) is 2.85. The van der Waals surface area contributed by atoms with Crippen LogP contribution in [0.5, 0.6) is 0 Å². The van der Waals surface area contributed by atoms with Gasteiger partial charge in [-0.25, -0.2) is 0 Å². The van der Waals surface area contributed by atoms with Gasteiger partial charge in [0, 0.05) is 12.1 Å². The van der Waals surface area contributed by atoms with Crippen molar-refractivity contribution in [2.24, 2.45) is 5.92 Å². The maximum absolute atomic E-state index is 12.8. The Balaban J connectivity index is 2.06. The number of amides is 1. The highest BCUT2D eigenvalue weighted by Crippen LogP contribution is 2.36. The van der Waals surface area contributed by atoms with E-state index in [9.17, 15) is 31.1 Å². The first kappa shape index (κ1) is 21.0. The van der Waals surface area contributed by atoms with Crippen molar-refractivity contribution in [2.75, 3.05) is 26.2 Å². The van der Waals surface area contributed by atoms with Crippen LogP contribution in [0.2, 0.25) is 0 Å². The van der Waals surface area contributed by atoms with E-state index in [-0.39, 0.29) is 18.5 Å². The minimum Gasteiger partial charge on any atom is -0.352 e. The van der Waals surface area contributed by atoms with Gasteiger partial charge in [-0.3, -0.25) is 9.69 Å². The van der Waals surface area contributed by atoms with E-state index in [0.29, 0.717) is 44.6 Å². The molecule has 0 unspecified atom stereocenters. The van der Waals surface area contributed by atoms with Crippen LogP contribution in [0.3, 0.4) is 0 Å². The van der Waals surface area contributed by atoms with Crippen LogP contribution < -0.4 is 5.32 Å². The quantitative estimate of drug-likeness (QED) is 0.627. The van der Waals surface area contributed by atoms with Crippen LogP contribution in [0.4, 0.5) is 26.3 Å². The monoisotopic (exact) mass is 393 g/mol. The minimum atomic E-state index is -5.00. The molecule has 10 heteroatoms. The van der Waals surface area contributed by atoms with E-state index in [1.54, 1.807) is 0 Å². The molecule has 2 rings (SSSR count). The van der Waals surface area contributed by atoms with Crippen LogP contribution in [0.15, 0.2) is 18.2 Å². The fraction of sp³-hybridized carbons (Fsp3) is 0.529. The molecule has 0 saturated carbocycles. The summed E-state index contributed by atoms with van der Waals surface area (Å²) in [5, 5.41) is 11.1. The highest BCUT2D eigenvalue weighted by Gasteiger charge is 2.37. The van der Waals surface area contributed by atoms with Gasteiger partial charge in [-0.1, -0.05) is 0 Å². The Bertz CT molecular complexity index is 683. The van der Waals surface area contributed by atoms with Crippen LogP contribution in [-0.2, 0) is 12.4 Å². The average molecular weight is 393 g/mol. The van der Waals surface area contributed by atoms with Gasteiger partial charge in [0.25, 0.3) is 5.91 Å². The number of hydrogen-bond donors (Lipinski definition) is 1. The second-order valence-electron chi connectivity index (χ2n) is 6.38. The molecule has 1 aliphatic rings. The lowest BCUT2D eigenvalue weighted by molar-refractivity contribution is -0.143. The normalized spacial score (nSPS) is 16.8. The van der Waals surface area contributed by atoms with Gasteiger partial charge < -0.3 is 5.32 Å². The largest absolute Gasteiger partial charge is 0.416 e. The zero-order chi connectivity index (χ0) is 20.2. The van der Waals surface area contributed by atoms with E-state index >= 15 is 0 Å². The van der Waals surface area contributed by atoms with E-state index < -0.39 is 35.0 Å². The molecule has 0 atom stereocenters. The highest BCUT2D eigenvalue weighted by atomic mass is 19.4. The molecule has 1 aliphatic heterocycles. The highest BCUT2D eigenvalue weighted by molar-refractivity contribution is 5.94. The zero-order valence-corrected chi connectivity index (χ0v) is 14.1. The number of benzene rings is 1. The van der Waals surface area contributed by atoms with Gasteiger partial charge >= 0.3 is 12.4 Å². The molecule has 1 aromatic carbocycles.